The van der Waals surface area contributed by atoms with Gasteiger partial charge in [0.25, 0.3) is 10.1 Å². The van der Waals surface area contributed by atoms with Crippen molar-refractivity contribution in [3.63, 3.8) is 0 Å². The van der Waals surface area contributed by atoms with E-state index in [1.807, 2.05) is 20.2 Å². The first kappa shape index (κ1) is 17.7. The van der Waals surface area contributed by atoms with Crippen molar-refractivity contribution in [1.29, 1.82) is 0 Å². The molecule has 0 bridgehead atoms. The zero-order valence-electron chi connectivity index (χ0n) is 10.5. The normalized spacial score (nSPS) is 10.5. The summed E-state index contributed by atoms with van der Waals surface area (Å²) >= 11 is 0. The van der Waals surface area contributed by atoms with Gasteiger partial charge >= 0.3 is 0 Å². The van der Waals surface area contributed by atoms with Gasteiger partial charge in [-0.1, -0.05) is 19.1 Å². The van der Waals surface area contributed by atoms with E-state index in [4.69, 9.17) is 0 Å². The summed E-state index contributed by atoms with van der Waals surface area (Å²) < 4.78 is 25.9. The van der Waals surface area contributed by atoms with E-state index < -0.39 is 10.1 Å². The Bertz CT molecular complexity index is 271. The fourth-order valence-electron chi connectivity index (χ4n) is 0.719. The molecule has 0 aliphatic carbocycles. The van der Waals surface area contributed by atoms with Gasteiger partial charge in [-0.05, 0) is 20.5 Å². The second-order valence-electron chi connectivity index (χ2n) is 3.39. The monoisotopic (exact) mass is 249 g/mol. The lowest BCUT2D eigenvalue weighted by Gasteiger charge is -2.01. The highest BCUT2D eigenvalue weighted by Crippen LogP contribution is 1.94. The van der Waals surface area contributed by atoms with Gasteiger partial charge in [0, 0.05) is 6.54 Å². The van der Waals surface area contributed by atoms with E-state index >= 15 is 0 Å². The SMILES string of the molecule is C=CCN(C)C.C=CCOS(=O)(=O)CCC. The minimum absolute atomic E-state index is 0.0718. The summed E-state index contributed by atoms with van der Waals surface area (Å²) in [5.74, 6) is 0.0842. The van der Waals surface area contributed by atoms with Gasteiger partial charge in [-0.15, -0.1) is 13.2 Å². The molecular weight excluding hydrogens is 226 g/mol. The Morgan fingerprint density at radius 3 is 2.06 bits per heavy atom. The maximum atomic E-state index is 10.7. The van der Waals surface area contributed by atoms with Crippen LogP contribution in [0.2, 0.25) is 0 Å². The van der Waals surface area contributed by atoms with Gasteiger partial charge in [-0.3, -0.25) is 4.18 Å². The Labute approximate surface area is 99.7 Å². The number of nitrogens with zero attached hydrogens (tertiary/aromatic N) is 1. The van der Waals surface area contributed by atoms with Gasteiger partial charge in [0.1, 0.15) is 0 Å². The van der Waals surface area contributed by atoms with Crippen molar-refractivity contribution in [2.75, 3.05) is 33.0 Å². The molecule has 96 valence electrons. The molecule has 0 rings (SSSR count). The zero-order chi connectivity index (χ0) is 13.0. The Hall–Kier alpha value is -0.650. The average molecular weight is 249 g/mol. The molecule has 0 radical (unpaired) electrons. The van der Waals surface area contributed by atoms with E-state index in [1.54, 1.807) is 6.92 Å². The van der Waals surface area contributed by atoms with Crippen LogP contribution in [0.5, 0.6) is 0 Å². The van der Waals surface area contributed by atoms with Crippen LogP contribution in [0, 0.1) is 0 Å². The molecule has 0 heterocycles. The summed E-state index contributed by atoms with van der Waals surface area (Å²) in [4.78, 5) is 2.06. The fourth-order valence-corrected chi connectivity index (χ4v) is 1.64. The molecule has 0 aliphatic heterocycles. The number of likely N-dealkylation sites (N-methyl/N-ethyl adjacent to an activating group) is 1. The van der Waals surface area contributed by atoms with E-state index in [1.165, 1.54) is 6.08 Å². The van der Waals surface area contributed by atoms with Gasteiger partial charge in [0.2, 0.25) is 0 Å². The highest BCUT2D eigenvalue weighted by atomic mass is 32.2. The standard InChI is InChI=1S/C6H12O3S.C5H11N/c1-3-5-9-10(7,8)6-4-2;1-4-5-6(2)3/h3H,1,4-6H2,2H3;4H,1,5H2,2-3H3. The van der Waals surface area contributed by atoms with Crippen molar-refractivity contribution in [3.8, 4) is 0 Å². The third-order valence-corrected chi connectivity index (χ3v) is 2.72. The van der Waals surface area contributed by atoms with Crippen LogP contribution in [0.25, 0.3) is 0 Å². The lowest BCUT2D eigenvalue weighted by molar-refractivity contribution is 0.357. The highest BCUT2D eigenvalue weighted by molar-refractivity contribution is 7.86. The van der Waals surface area contributed by atoms with Gasteiger partial charge < -0.3 is 4.90 Å². The summed E-state index contributed by atoms with van der Waals surface area (Å²) in [5, 5.41) is 0. The molecular formula is C11H23NO3S. The van der Waals surface area contributed by atoms with Crippen molar-refractivity contribution in [3.05, 3.63) is 25.3 Å². The molecule has 0 aromatic rings. The second-order valence-corrected chi connectivity index (χ2v) is 5.15. The zero-order valence-corrected chi connectivity index (χ0v) is 11.3. The minimum Gasteiger partial charge on any atom is -0.306 e. The van der Waals surface area contributed by atoms with Crippen molar-refractivity contribution in [1.82, 2.24) is 4.90 Å². The fraction of sp³-hybridized carbons (Fsp3) is 0.636. The topological polar surface area (TPSA) is 46.6 Å². The molecule has 0 N–H and O–H groups in total. The van der Waals surface area contributed by atoms with Crippen LogP contribution in [0.3, 0.4) is 0 Å². The van der Waals surface area contributed by atoms with E-state index in [2.05, 4.69) is 22.2 Å². The molecule has 0 fully saturated rings. The van der Waals surface area contributed by atoms with Crippen LogP contribution in [0.4, 0.5) is 0 Å². The van der Waals surface area contributed by atoms with Crippen LogP contribution in [-0.4, -0.2) is 46.3 Å². The first-order valence-electron chi connectivity index (χ1n) is 5.13. The summed E-state index contributed by atoms with van der Waals surface area (Å²) in [6, 6.07) is 0. The maximum absolute atomic E-state index is 10.7. The smallest absolute Gasteiger partial charge is 0.267 e. The van der Waals surface area contributed by atoms with Crippen LogP contribution < -0.4 is 0 Å². The molecule has 4 nitrogen and oxygen atoms in total. The molecule has 0 aromatic carbocycles. The third-order valence-electron chi connectivity index (χ3n) is 1.31. The number of rotatable bonds is 7. The van der Waals surface area contributed by atoms with Crippen molar-refractivity contribution >= 4 is 10.1 Å². The molecule has 0 saturated heterocycles. The Morgan fingerprint density at radius 2 is 1.81 bits per heavy atom. The Balaban J connectivity index is 0. The first-order chi connectivity index (χ1) is 7.39. The van der Waals surface area contributed by atoms with E-state index in [0.717, 1.165) is 6.54 Å². The molecule has 0 amide bonds. The second kappa shape index (κ2) is 10.9. The first-order valence-corrected chi connectivity index (χ1v) is 6.71. The summed E-state index contributed by atoms with van der Waals surface area (Å²) in [6.45, 7) is 9.72. The predicted octanol–water partition coefficient (Wildman–Crippen LogP) is 1.66. The van der Waals surface area contributed by atoms with Crippen LogP contribution in [0.1, 0.15) is 13.3 Å². The minimum atomic E-state index is -3.27. The van der Waals surface area contributed by atoms with Gasteiger partial charge in [0.05, 0.1) is 12.4 Å². The molecule has 0 saturated carbocycles. The van der Waals surface area contributed by atoms with Crippen molar-refractivity contribution in [2.45, 2.75) is 13.3 Å². The molecule has 0 aromatic heterocycles. The van der Waals surface area contributed by atoms with Crippen LogP contribution in [-0.2, 0) is 14.3 Å². The molecule has 0 unspecified atom stereocenters. The Morgan fingerprint density at radius 1 is 1.25 bits per heavy atom. The summed E-state index contributed by atoms with van der Waals surface area (Å²) in [6.07, 6.45) is 3.87. The van der Waals surface area contributed by atoms with Crippen LogP contribution in [0.15, 0.2) is 25.3 Å². The quantitative estimate of drug-likeness (QED) is 0.508. The summed E-state index contributed by atoms with van der Waals surface area (Å²) in [7, 11) is 0.766. The van der Waals surface area contributed by atoms with Gasteiger partial charge in [0.15, 0.2) is 0 Å². The molecule has 0 atom stereocenters. The molecule has 16 heavy (non-hydrogen) atoms. The Kier molecular flexibility index (Phi) is 12.0. The predicted molar refractivity (Wildman–Crippen MR) is 69.0 cm³/mol. The molecule has 5 heteroatoms. The van der Waals surface area contributed by atoms with Crippen LogP contribution >= 0.6 is 0 Å². The average Bonchev–Trinajstić information content (AvgIpc) is 2.15. The lowest BCUT2D eigenvalue weighted by atomic mass is 10.6. The molecule has 0 aliphatic rings. The van der Waals surface area contributed by atoms with Crippen molar-refractivity contribution in [2.24, 2.45) is 0 Å². The maximum Gasteiger partial charge on any atom is 0.267 e. The van der Waals surface area contributed by atoms with E-state index in [9.17, 15) is 8.42 Å². The third kappa shape index (κ3) is 15.8. The van der Waals surface area contributed by atoms with E-state index in [0.29, 0.717) is 6.42 Å². The highest BCUT2D eigenvalue weighted by Gasteiger charge is 2.06. The number of hydrogen-bond acceptors (Lipinski definition) is 4. The lowest BCUT2D eigenvalue weighted by Crippen LogP contribution is -2.09. The molecule has 0 spiro atoms. The number of hydrogen-bond donors (Lipinski definition) is 0. The summed E-state index contributed by atoms with van der Waals surface area (Å²) in [5.41, 5.74) is 0. The van der Waals surface area contributed by atoms with Crippen molar-refractivity contribution < 1.29 is 12.6 Å². The van der Waals surface area contributed by atoms with Gasteiger partial charge in [-0.25, -0.2) is 0 Å². The van der Waals surface area contributed by atoms with Gasteiger partial charge in [-0.2, -0.15) is 8.42 Å². The largest absolute Gasteiger partial charge is 0.306 e. The van der Waals surface area contributed by atoms with E-state index in [-0.39, 0.29) is 12.4 Å².